The van der Waals surface area contributed by atoms with E-state index in [0.29, 0.717) is 0 Å². The summed E-state index contributed by atoms with van der Waals surface area (Å²) < 4.78 is 61.9. The number of ether oxygens (including phenoxy) is 1. The molecule has 2 amide bonds. The Morgan fingerprint density at radius 3 is 2.54 bits per heavy atom. The van der Waals surface area contributed by atoms with Crippen LogP contribution in [0.25, 0.3) is 10.9 Å². The fourth-order valence-electron chi connectivity index (χ4n) is 5.03. The van der Waals surface area contributed by atoms with Crippen molar-refractivity contribution in [3.05, 3.63) is 74.3 Å². The van der Waals surface area contributed by atoms with Crippen LogP contribution in [0.2, 0.25) is 5.02 Å². The van der Waals surface area contributed by atoms with Crippen molar-refractivity contribution in [3.8, 4) is 0 Å². The number of aromatic amines is 1. The first-order chi connectivity index (χ1) is 18.5. The minimum absolute atomic E-state index is 0.0324. The maximum absolute atomic E-state index is 14.2. The Labute approximate surface area is 224 Å². The molecule has 2 fully saturated rings. The van der Waals surface area contributed by atoms with Crippen LogP contribution in [-0.4, -0.2) is 67.1 Å². The van der Waals surface area contributed by atoms with Crippen LogP contribution in [0.5, 0.6) is 0 Å². The molecule has 1 atom stereocenters. The Hall–Kier alpha value is -3.64. The van der Waals surface area contributed by atoms with Gasteiger partial charge in [-0.3, -0.25) is 14.4 Å². The standard InChI is InChI=1S/C26H23ClF4N4O4/c27-14-10-18(25(38)34-6-8-39-9-7-34)23(19(11-14)26(29,30)31)35-5-4-15(13-35)32-24(37)17-12-21(36)33-22-16(17)2-1-3-20(22)28/h1-3,10-12,15H,4-9,13H2,(H,32,37)(H,33,36)/t15-/m1/s1. The number of H-pyrrole nitrogens is 1. The summed E-state index contributed by atoms with van der Waals surface area (Å²) in [7, 11) is 0. The summed E-state index contributed by atoms with van der Waals surface area (Å²) in [6.07, 6.45) is -4.53. The molecule has 0 bridgehead atoms. The number of rotatable bonds is 4. The molecule has 13 heteroatoms. The van der Waals surface area contributed by atoms with Crippen LogP contribution in [0.1, 0.15) is 32.7 Å². The molecule has 2 aliphatic rings. The van der Waals surface area contributed by atoms with Gasteiger partial charge in [0.15, 0.2) is 0 Å². The second-order valence-electron chi connectivity index (χ2n) is 9.37. The number of aromatic nitrogens is 1. The summed E-state index contributed by atoms with van der Waals surface area (Å²) in [5.74, 6) is -1.96. The SMILES string of the molecule is O=C(N[C@@H]1CCN(c2c(C(=O)N3CCOCC3)cc(Cl)cc2C(F)(F)F)C1)c1cc(=O)[nH]c2c(F)cccc12. The van der Waals surface area contributed by atoms with Crippen LogP contribution < -0.4 is 15.8 Å². The van der Waals surface area contributed by atoms with Crippen LogP contribution in [-0.2, 0) is 10.9 Å². The molecule has 3 heterocycles. The minimum atomic E-state index is -4.80. The second kappa shape index (κ2) is 10.5. The lowest BCUT2D eigenvalue weighted by atomic mass is 10.0. The number of pyridine rings is 1. The third-order valence-electron chi connectivity index (χ3n) is 6.82. The fraction of sp³-hybridized carbons (Fsp3) is 0.346. The van der Waals surface area contributed by atoms with E-state index in [1.807, 2.05) is 0 Å². The van der Waals surface area contributed by atoms with Gasteiger partial charge in [-0.2, -0.15) is 13.2 Å². The van der Waals surface area contributed by atoms with E-state index in [0.717, 1.165) is 18.2 Å². The van der Waals surface area contributed by atoms with Gasteiger partial charge in [-0.05, 0) is 24.6 Å². The lowest BCUT2D eigenvalue weighted by molar-refractivity contribution is -0.137. The number of carbonyl (C=O) groups excluding carboxylic acids is 2. The van der Waals surface area contributed by atoms with Crippen molar-refractivity contribution in [2.24, 2.45) is 0 Å². The molecule has 0 spiro atoms. The highest BCUT2D eigenvalue weighted by Gasteiger charge is 2.40. The molecule has 0 aliphatic carbocycles. The van der Waals surface area contributed by atoms with Gasteiger partial charge in [0.25, 0.3) is 11.8 Å². The van der Waals surface area contributed by atoms with Gasteiger partial charge in [0.2, 0.25) is 5.56 Å². The molecule has 0 saturated carbocycles. The third kappa shape index (κ3) is 5.44. The molecule has 206 valence electrons. The van der Waals surface area contributed by atoms with E-state index in [1.165, 1.54) is 28.0 Å². The number of anilines is 1. The predicted molar refractivity (Wildman–Crippen MR) is 136 cm³/mol. The average molecular weight is 567 g/mol. The lowest BCUT2D eigenvalue weighted by Crippen LogP contribution is -2.42. The molecule has 2 aliphatic heterocycles. The highest BCUT2D eigenvalue weighted by atomic mass is 35.5. The number of amides is 2. The van der Waals surface area contributed by atoms with Crippen molar-refractivity contribution in [1.82, 2.24) is 15.2 Å². The number of benzene rings is 2. The van der Waals surface area contributed by atoms with Crippen molar-refractivity contribution in [2.75, 3.05) is 44.3 Å². The highest BCUT2D eigenvalue weighted by molar-refractivity contribution is 6.31. The monoisotopic (exact) mass is 566 g/mol. The van der Waals surface area contributed by atoms with Gasteiger partial charge in [0.1, 0.15) is 5.82 Å². The van der Waals surface area contributed by atoms with Crippen LogP contribution in [0.3, 0.4) is 0 Å². The zero-order chi connectivity index (χ0) is 27.9. The molecule has 2 aromatic carbocycles. The van der Waals surface area contributed by atoms with E-state index in [-0.39, 0.29) is 78.6 Å². The van der Waals surface area contributed by atoms with Crippen molar-refractivity contribution < 1.29 is 31.9 Å². The number of nitrogens with one attached hydrogen (secondary N) is 2. The summed E-state index contributed by atoms with van der Waals surface area (Å²) in [5.41, 5.74) is -2.38. The van der Waals surface area contributed by atoms with Gasteiger partial charge in [-0.15, -0.1) is 0 Å². The van der Waals surface area contributed by atoms with Gasteiger partial charge in [-0.25, -0.2) is 4.39 Å². The largest absolute Gasteiger partial charge is 0.418 e. The molecule has 3 aromatic rings. The van der Waals surface area contributed by atoms with Gasteiger partial charge in [0.05, 0.1) is 41.1 Å². The quantitative estimate of drug-likeness (QED) is 0.468. The van der Waals surface area contributed by atoms with Crippen molar-refractivity contribution in [1.29, 1.82) is 0 Å². The van der Waals surface area contributed by atoms with Gasteiger partial charge < -0.3 is 24.8 Å². The molecule has 0 radical (unpaired) electrons. The van der Waals surface area contributed by atoms with Crippen molar-refractivity contribution in [2.45, 2.75) is 18.6 Å². The van der Waals surface area contributed by atoms with E-state index in [4.69, 9.17) is 16.3 Å². The smallest absolute Gasteiger partial charge is 0.378 e. The van der Waals surface area contributed by atoms with E-state index in [9.17, 15) is 31.9 Å². The molecule has 2 N–H and O–H groups in total. The number of alkyl halides is 3. The van der Waals surface area contributed by atoms with E-state index >= 15 is 0 Å². The summed E-state index contributed by atoms with van der Waals surface area (Å²) in [4.78, 5) is 43.7. The van der Waals surface area contributed by atoms with Crippen molar-refractivity contribution in [3.63, 3.8) is 0 Å². The first-order valence-electron chi connectivity index (χ1n) is 12.2. The summed E-state index contributed by atoms with van der Waals surface area (Å²) >= 11 is 6.03. The second-order valence-corrected chi connectivity index (χ2v) is 9.80. The zero-order valence-electron chi connectivity index (χ0n) is 20.4. The number of nitrogens with zero attached hydrogens (tertiary/aromatic N) is 2. The average Bonchev–Trinajstić information content (AvgIpc) is 3.35. The summed E-state index contributed by atoms with van der Waals surface area (Å²) in [6, 6.07) is 6.48. The predicted octanol–water partition coefficient (Wildman–Crippen LogP) is 3.82. The number of carbonyl (C=O) groups is 2. The Balaban J connectivity index is 1.44. The number of halogens is 5. The highest BCUT2D eigenvalue weighted by Crippen LogP contribution is 2.42. The van der Waals surface area contributed by atoms with Gasteiger partial charge >= 0.3 is 6.18 Å². The topological polar surface area (TPSA) is 94.7 Å². The molecule has 0 unspecified atom stereocenters. The number of para-hydroxylation sites is 1. The fourth-order valence-corrected chi connectivity index (χ4v) is 5.25. The summed E-state index contributed by atoms with van der Waals surface area (Å²) in [5, 5.41) is 2.71. The zero-order valence-corrected chi connectivity index (χ0v) is 21.2. The summed E-state index contributed by atoms with van der Waals surface area (Å²) in [6.45, 7) is 1.09. The first kappa shape index (κ1) is 26.9. The molecule has 8 nitrogen and oxygen atoms in total. The Bertz CT molecular complexity index is 1500. The minimum Gasteiger partial charge on any atom is -0.378 e. The molecule has 39 heavy (non-hydrogen) atoms. The Morgan fingerprint density at radius 1 is 1.08 bits per heavy atom. The van der Waals surface area contributed by atoms with E-state index in [2.05, 4.69) is 10.3 Å². The number of hydrogen-bond donors (Lipinski definition) is 2. The Morgan fingerprint density at radius 2 is 1.82 bits per heavy atom. The molecule has 2 saturated heterocycles. The number of morpholine rings is 1. The lowest BCUT2D eigenvalue weighted by Gasteiger charge is -2.31. The van der Waals surface area contributed by atoms with E-state index < -0.39 is 41.0 Å². The van der Waals surface area contributed by atoms with Gasteiger partial charge in [0, 0.05) is 48.7 Å². The Kier molecular flexibility index (Phi) is 7.25. The normalized spacial score (nSPS) is 18.0. The molecular formula is C26H23ClF4N4O4. The maximum Gasteiger partial charge on any atom is 0.418 e. The maximum atomic E-state index is 14.2. The van der Waals surface area contributed by atoms with Crippen molar-refractivity contribution >= 4 is 40.0 Å². The van der Waals surface area contributed by atoms with Crippen LogP contribution in [0.4, 0.5) is 23.2 Å². The van der Waals surface area contributed by atoms with Gasteiger partial charge in [-0.1, -0.05) is 23.7 Å². The molecule has 5 rings (SSSR count). The van der Waals surface area contributed by atoms with E-state index in [1.54, 1.807) is 0 Å². The number of fused-ring (bicyclic) bond motifs is 1. The first-order valence-corrected chi connectivity index (χ1v) is 12.6. The molecular weight excluding hydrogens is 544 g/mol. The van der Waals surface area contributed by atoms with Crippen LogP contribution in [0.15, 0.2) is 41.2 Å². The third-order valence-corrected chi connectivity index (χ3v) is 7.04. The molecule has 1 aromatic heterocycles. The van der Waals surface area contributed by atoms with Crippen LogP contribution >= 0.6 is 11.6 Å². The number of hydrogen-bond acceptors (Lipinski definition) is 5. The van der Waals surface area contributed by atoms with Crippen LogP contribution in [0, 0.1) is 5.82 Å².